The van der Waals surface area contributed by atoms with Crippen LogP contribution in [0.2, 0.25) is 0 Å². The second kappa shape index (κ2) is 4.93. The Hall–Kier alpha value is -2.01. The van der Waals surface area contributed by atoms with E-state index in [1.807, 2.05) is 49.5 Å². The van der Waals surface area contributed by atoms with Gasteiger partial charge in [0.05, 0.1) is 0 Å². The molecule has 0 N–H and O–H groups in total. The van der Waals surface area contributed by atoms with Crippen molar-refractivity contribution in [1.82, 2.24) is 19.7 Å². The van der Waals surface area contributed by atoms with Gasteiger partial charge >= 0.3 is 0 Å². The van der Waals surface area contributed by atoms with Gasteiger partial charge in [0.15, 0.2) is 11.6 Å². The molecule has 0 bridgehead atoms. The predicted molar refractivity (Wildman–Crippen MR) is 77.0 cm³/mol. The van der Waals surface area contributed by atoms with Crippen LogP contribution in [0.1, 0.15) is 5.69 Å². The number of aromatic nitrogens is 4. The molecule has 19 heavy (non-hydrogen) atoms. The van der Waals surface area contributed by atoms with Gasteiger partial charge in [0, 0.05) is 34.2 Å². The number of hydrogen-bond acceptors (Lipinski definition) is 3. The van der Waals surface area contributed by atoms with E-state index in [0.717, 1.165) is 21.5 Å². The number of hydrogen-bond donors (Lipinski definition) is 0. The smallest absolute Gasteiger partial charge is 0.161 e. The quantitative estimate of drug-likeness (QED) is 0.728. The van der Waals surface area contributed by atoms with Crippen LogP contribution < -0.4 is 0 Å². The first-order chi connectivity index (χ1) is 9.22. The number of aryl methyl sites for hydroxylation is 1. The zero-order chi connectivity index (χ0) is 13.2. The molecular weight excluding hydrogens is 304 g/mol. The van der Waals surface area contributed by atoms with E-state index in [4.69, 9.17) is 0 Å². The van der Waals surface area contributed by atoms with E-state index in [9.17, 15) is 0 Å². The molecule has 0 fully saturated rings. The maximum atomic E-state index is 4.55. The molecule has 0 amide bonds. The molecule has 2 aromatic heterocycles. The van der Waals surface area contributed by atoms with E-state index >= 15 is 0 Å². The summed E-state index contributed by atoms with van der Waals surface area (Å²) < 4.78 is 2.77. The van der Waals surface area contributed by atoms with Crippen LogP contribution in [-0.4, -0.2) is 19.7 Å². The highest BCUT2D eigenvalue weighted by Crippen LogP contribution is 2.20. The van der Waals surface area contributed by atoms with Crippen molar-refractivity contribution in [3.63, 3.8) is 0 Å². The van der Waals surface area contributed by atoms with Crippen molar-refractivity contribution in [3.8, 4) is 17.2 Å². The molecule has 0 radical (unpaired) electrons. The summed E-state index contributed by atoms with van der Waals surface area (Å²) in [5, 5.41) is 4.20. The summed E-state index contributed by atoms with van der Waals surface area (Å²) in [7, 11) is 0. The van der Waals surface area contributed by atoms with Crippen molar-refractivity contribution in [3.05, 3.63) is 59.0 Å². The van der Waals surface area contributed by atoms with Gasteiger partial charge < -0.3 is 0 Å². The predicted octanol–water partition coefficient (Wildman–Crippen LogP) is 3.40. The highest BCUT2D eigenvalue weighted by Gasteiger charge is 2.06. The molecule has 0 atom stereocenters. The lowest BCUT2D eigenvalue weighted by Crippen LogP contribution is -2.02. The summed E-state index contributed by atoms with van der Waals surface area (Å²) in [6.07, 6.45) is 3.60. The third-order valence-corrected chi connectivity index (χ3v) is 3.21. The van der Waals surface area contributed by atoms with Gasteiger partial charge in [-0.2, -0.15) is 5.10 Å². The molecule has 2 heterocycles. The van der Waals surface area contributed by atoms with Crippen LogP contribution in [0, 0.1) is 6.92 Å². The molecule has 94 valence electrons. The molecule has 5 heteroatoms. The van der Waals surface area contributed by atoms with Crippen molar-refractivity contribution < 1.29 is 0 Å². The Morgan fingerprint density at radius 1 is 1.11 bits per heavy atom. The summed E-state index contributed by atoms with van der Waals surface area (Å²) in [4.78, 5) is 9.03. The number of benzene rings is 1. The zero-order valence-corrected chi connectivity index (χ0v) is 11.9. The van der Waals surface area contributed by atoms with E-state index < -0.39 is 0 Å². The Labute approximate surface area is 119 Å². The highest BCUT2D eigenvalue weighted by molar-refractivity contribution is 9.10. The molecular formula is C14H11BrN4. The van der Waals surface area contributed by atoms with Crippen molar-refractivity contribution >= 4 is 15.9 Å². The van der Waals surface area contributed by atoms with Crippen molar-refractivity contribution in [2.45, 2.75) is 6.92 Å². The van der Waals surface area contributed by atoms with Gasteiger partial charge in [-0.1, -0.05) is 28.1 Å². The Kier molecular flexibility index (Phi) is 3.13. The minimum atomic E-state index is 0.706. The number of rotatable bonds is 2. The third-order valence-electron chi connectivity index (χ3n) is 2.68. The van der Waals surface area contributed by atoms with Gasteiger partial charge in [-0.05, 0) is 25.1 Å². The fraction of sp³-hybridized carbons (Fsp3) is 0.0714. The molecule has 0 spiro atoms. The molecule has 3 aromatic rings. The summed E-state index contributed by atoms with van der Waals surface area (Å²) in [5.74, 6) is 1.48. The largest absolute Gasteiger partial charge is 0.233 e. The lowest BCUT2D eigenvalue weighted by Gasteiger charge is -2.06. The third kappa shape index (κ3) is 2.56. The Morgan fingerprint density at radius 3 is 2.58 bits per heavy atom. The number of nitrogens with zero attached hydrogens (tertiary/aromatic N) is 4. The molecule has 0 unspecified atom stereocenters. The molecule has 0 aliphatic carbocycles. The van der Waals surface area contributed by atoms with Crippen LogP contribution >= 0.6 is 15.9 Å². The fourth-order valence-corrected chi connectivity index (χ4v) is 2.07. The van der Waals surface area contributed by atoms with Gasteiger partial charge in [-0.15, -0.1) is 0 Å². The SMILES string of the molecule is Cc1cc(-n2cccn2)nc(-c2ccc(Br)cc2)n1. The summed E-state index contributed by atoms with van der Waals surface area (Å²) in [5.41, 5.74) is 1.90. The average molecular weight is 315 g/mol. The zero-order valence-electron chi connectivity index (χ0n) is 10.3. The van der Waals surface area contributed by atoms with Crippen molar-refractivity contribution in [1.29, 1.82) is 0 Å². The maximum absolute atomic E-state index is 4.55. The monoisotopic (exact) mass is 314 g/mol. The molecule has 0 aliphatic rings. The first-order valence-electron chi connectivity index (χ1n) is 5.84. The molecule has 4 nitrogen and oxygen atoms in total. The topological polar surface area (TPSA) is 43.6 Å². The highest BCUT2D eigenvalue weighted by atomic mass is 79.9. The van der Waals surface area contributed by atoms with Crippen LogP contribution in [0.25, 0.3) is 17.2 Å². The second-order valence-electron chi connectivity index (χ2n) is 4.15. The molecule has 3 rings (SSSR count). The van der Waals surface area contributed by atoms with Gasteiger partial charge in [0.1, 0.15) is 0 Å². The van der Waals surface area contributed by atoms with E-state index in [0.29, 0.717) is 5.82 Å². The van der Waals surface area contributed by atoms with E-state index in [1.54, 1.807) is 10.9 Å². The Balaban J connectivity index is 2.10. The maximum Gasteiger partial charge on any atom is 0.161 e. The molecule has 0 aliphatic heterocycles. The van der Waals surface area contributed by atoms with E-state index in [2.05, 4.69) is 31.0 Å². The normalized spacial score (nSPS) is 10.6. The average Bonchev–Trinajstić information content (AvgIpc) is 2.93. The van der Waals surface area contributed by atoms with Crippen molar-refractivity contribution in [2.75, 3.05) is 0 Å². The second-order valence-corrected chi connectivity index (χ2v) is 5.06. The van der Waals surface area contributed by atoms with Gasteiger partial charge in [-0.3, -0.25) is 0 Å². The van der Waals surface area contributed by atoms with Crippen LogP contribution in [0.3, 0.4) is 0 Å². The summed E-state index contributed by atoms with van der Waals surface area (Å²) in [6.45, 7) is 1.96. The standard InChI is InChI=1S/C14H11BrN4/c1-10-9-13(19-8-2-7-16-19)18-14(17-10)11-3-5-12(15)6-4-11/h2-9H,1H3. The Morgan fingerprint density at radius 2 is 1.89 bits per heavy atom. The summed E-state index contributed by atoms with van der Waals surface area (Å²) >= 11 is 3.42. The minimum Gasteiger partial charge on any atom is -0.233 e. The molecule has 0 saturated carbocycles. The van der Waals surface area contributed by atoms with Gasteiger partial charge in [-0.25, -0.2) is 14.6 Å². The van der Waals surface area contributed by atoms with Crippen LogP contribution in [0.5, 0.6) is 0 Å². The molecule has 0 saturated heterocycles. The van der Waals surface area contributed by atoms with Gasteiger partial charge in [0.2, 0.25) is 0 Å². The minimum absolute atomic E-state index is 0.706. The lowest BCUT2D eigenvalue weighted by molar-refractivity contribution is 0.837. The van der Waals surface area contributed by atoms with E-state index in [-0.39, 0.29) is 0 Å². The van der Waals surface area contributed by atoms with E-state index in [1.165, 1.54) is 0 Å². The van der Waals surface area contributed by atoms with Crippen LogP contribution in [-0.2, 0) is 0 Å². The fourth-order valence-electron chi connectivity index (χ4n) is 1.80. The van der Waals surface area contributed by atoms with Gasteiger partial charge in [0.25, 0.3) is 0 Å². The van der Waals surface area contributed by atoms with Crippen LogP contribution in [0.4, 0.5) is 0 Å². The number of halogens is 1. The van der Waals surface area contributed by atoms with Crippen LogP contribution in [0.15, 0.2) is 53.3 Å². The Bertz CT molecular complexity index is 690. The summed E-state index contributed by atoms with van der Waals surface area (Å²) in [6, 6.07) is 11.7. The van der Waals surface area contributed by atoms with Crippen molar-refractivity contribution in [2.24, 2.45) is 0 Å². The first kappa shape index (κ1) is 12.0. The molecule has 1 aromatic carbocycles. The lowest BCUT2D eigenvalue weighted by atomic mass is 10.2. The first-order valence-corrected chi connectivity index (χ1v) is 6.63.